The van der Waals surface area contributed by atoms with Crippen molar-refractivity contribution in [2.24, 2.45) is 0 Å². The molecular formula is C20H13NO4. The predicted octanol–water partition coefficient (Wildman–Crippen LogP) is 4.51. The molecule has 25 heavy (non-hydrogen) atoms. The molecule has 0 bridgehead atoms. The molecule has 0 unspecified atom stereocenters. The van der Waals surface area contributed by atoms with Crippen molar-refractivity contribution in [1.29, 1.82) is 0 Å². The Morgan fingerprint density at radius 1 is 0.840 bits per heavy atom. The van der Waals surface area contributed by atoms with E-state index < -0.39 is 5.91 Å². The zero-order valence-electron chi connectivity index (χ0n) is 13.1. The first kappa shape index (κ1) is 15.0. The van der Waals surface area contributed by atoms with Crippen molar-refractivity contribution in [3.63, 3.8) is 0 Å². The van der Waals surface area contributed by atoms with E-state index in [0.717, 1.165) is 0 Å². The van der Waals surface area contributed by atoms with Crippen LogP contribution in [0, 0.1) is 0 Å². The van der Waals surface area contributed by atoms with Crippen LogP contribution in [0.2, 0.25) is 0 Å². The van der Waals surface area contributed by atoms with Crippen molar-refractivity contribution in [3.8, 4) is 0 Å². The Hall–Kier alpha value is -3.60. The highest BCUT2D eigenvalue weighted by Gasteiger charge is 2.24. The molecule has 2 heterocycles. The number of para-hydroxylation sites is 1. The molecule has 2 aromatic heterocycles. The maximum absolute atomic E-state index is 12.8. The first-order chi connectivity index (χ1) is 12.2. The summed E-state index contributed by atoms with van der Waals surface area (Å²) in [5, 5.41) is 3.39. The van der Waals surface area contributed by atoms with Crippen LogP contribution in [-0.4, -0.2) is 11.7 Å². The van der Waals surface area contributed by atoms with Crippen molar-refractivity contribution in [2.75, 3.05) is 5.32 Å². The van der Waals surface area contributed by atoms with Gasteiger partial charge in [-0.25, -0.2) is 0 Å². The average molecular weight is 331 g/mol. The van der Waals surface area contributed by atoms with Crippen molar-refractivity contribution >= 4 is 28.3 Å². The monoisotopic (exact) mass is 331 g/mol. The summed E-state index contributed by atoms with van der Waals surface area (Å²) in [4.78, 5) is 25.2. The van der Waals surface area contributed by atoms with Crippen LogP contribution in [0.3, 0.4) is 0 Å². The van der Waals surface area contributed by atoms with Gasteiger partial charge >= 0.3 is 0 Å². The van der Waals surface area contributed by atoms with Crippen molar-refractivity contribution in [1.82, 2.24) is 0 Å². The second-order valence-corrected chi connectivity index (χ2v) is 5.43. The number of nitrogens with one attached hydrogen (secondary N) is 1. The van der Waals surface area contributed by atoms with Gasteiger partial charge in [0.25, 0.3) is 5.91 Å². The molecule has 0 radical (unpaired) electrons. The van der Waals surface area contributed by atoms with Crippen LogP contribution in [0.1, 0.15) is 26.7 Å². The molecule has 0 fully saturated rings. The first-order valence-corrected chi connectivity index (χ1v) is 7.70. The SMILES string of the molecule is O=C(Nc1c(C(=O)c2ccccc2)oc2ccccc12)c1ccco1. The summed E-state index contributed by atoms with van der Waals surface area (Å²) < 4.78 is 10.9. The molecule has 4 aromatic rings. The third kappa shape index (κ3) is 2.72. The summed E-state index contributed by atoms with van der Waals surface area (Å²) in [6, 6.07) is 19.1. The van der Waals surface area contributed by atoms with Gasteiger partial charge in [0.15, 0.2) is 11.5 Å². The minimum Gasteiger partial charge on any atom is -0.459 e. The molecule has 122 valence electrons. The molecule has 0 atom stereocenters. The zero-order chi connectivity index (χ0) is 17.2. The van der Waals surface area contributed by atoms with Gasteiger partial charge in [-0.1, -0.05) is 42.5 Å². The number of benzene rings is 2. The van der Waals surface area contributed by atoms with Crippen LogP contribution in [0.5, 0.6) is 0 Å². The molecule has 5 heteroatoms. The maximum Gasteiger partial charge on any atom is 0.291 e. The third-order valence-electron chi connectivity index (χ3n) is 3.82. The van der Waals surface area contributed by atoms with E-state index in [0.29, 0.717) is 22.2 Å². The predicted molar refractivity (Wildman–Crippen MR) is 92.7 cm³/mol. The maximum atomic E-state index is 12.8. The van der Waals surface area contributed by atoms with E-state index in [2.05, 4.69) is 5.32 Å². The van der Waals surface area contributed by atoms with Crippen LogP contribution >= 0.6 is 0 Å². The second-order valence-electron chi connectivity index (χ2n) is 5.43. The lowest BCUT2D eigenvalue weighted by atomic mass is 10.1. The van der Waals surface area contributed by atoms with Gasteiger partial charge in [-0.05, 0) is 24.3 Å². The van der Waals surface area contributed by atoms with E-state index >= 15 is 0 Å². The number of fused-ring (bicyclic) bond motifs is 1. The van der Waals surface area contributed by atoms with Gasteiger partial charge in [-0.15, -0.1) is 0 Å². The first-order valence-electron chi connectivity index (χ1n) is 7.70. The summed E-state index contributed by atoms with van der Waals surface area (Å²) >= 11 is 0. The smallest absolute Gasteiger partial charge is 0.291 e. The van der Waals surface area contributed by atoms with Gasteiger partial charge in [0.2, 0.25) is 5.78 Å². The summed E-state index contributed by atoms with van der Waals surface area (Å²) in [6.45, 7) is 0. The lowest BCUT2D eigenvalue weighted by Gasteiger charge is -2.04. The number of carbonyl (C=O) groups excluding carboxylic acids is 2. The van der Waals surface area contributed by atoms with E-state index in [-0.39, 0.29) is 17.3 Å². The van der Waals surface area contributed by atoms with Crippen LogP contribution in [0.15, 0.2) is 81.8 Å². The van der Waals surface area contributed by atoms with Gasteiger partial charge < -0.3 is 14.2 Å². The Labute approximate surface area is 142 Å². The quantitative estimate of drug-likeness (QED) is 0.558. The van der Waals surface area contributed by atoms with Crippen LogP contribution in [0.25, 0.3) is 11.0 Å². The summed E-state index contributed by atoms with van der Waals surface area (Å²) in [7, 11) is 0. The minimum atomic E-state index is -0.446. The van der Waals surface area contributed by atoms with Crippen molar-refractivity contribution in [3.05, 3.63) is 90.1 Å². The largest absolute Gasteiger partial charge is 0.459 e. The number of hydrogen-bond donors (Lipinski definition) is 1. The summed E-state index contributed by atoms with van der Waals surface area (Å²) in [6.07, 6.45) is 1.42. The van der Waals surface area contributed by atoms with E-state index in [9.17, 15) is 9.59 Å². The molecule has 1 amide bonds. The number of amides is 1. The van der Waals surface area contributed by atoms with Gasteiger partial charge in [-0.3, -0.25) is 9.59 Å². The Bertz CT molecular complexity index is 1050. The molecule has 2 aromatic carbocycles. The number of ketones is 1. The fourth-order valence-electron chi connectivity index (χ4n) is 2.63. The number of anilines is 1. The van der Waals surface area contributed by atoms with Crippen LogP contribution < -0.4 is 5.32 Å². The van der Waals surface area contributed by atoms with Crippen LogP contribution in [-0.2, 0) is 0 Å². The lowest BCUT2D eigenvalue weighted by molar-refractivity contribution is 0.0996. The molecule has 0 saturated carbocycles. The highest BCUT2D eigenvalue weighted by Crippen LogP contribution is 2.32. The Kier molecular flexibility index (Phi) is 3.67. The molecule has 5 nitrogen and oxygen atoms in total. The topological polar surface area (TPSA) is 72.5 Å². The van der Waals surface area contributed by atoms with Crippen molar-refractivity contribution in [2.45, 2.75) is 0 Å². The fraction of sp³-hybridized carbons (Fsp3) is 0. The molecule has 0 aliphatic carbocycles. The molecule has 0 saturated heterocycles. The number of carbonyl (C=O) groups is 2. The fourth-order valence-corrected chi connectivity index (χ4v) is 2.63. The minimum absolute atomic E-state index is 0.0901. The van der Waals surface area contributed by atoms with Gasteiger partial charge in [0.1, 0.15) is 5.58 Å². The van der Waals surface area contributed by atoms with Crippen LogP contribution in [0.4, 0.5) is 5.69 Å². The Morgan fingerprint density at radius 2 is 1.60 bits per heavy atom. The van der Waals surface area contributed by atoms with E-state index in [4.69, 9.17) is 8.83 Å². The Balaban J connectivity index is 1.81. The number of furan rings is 2. The van der Waals surface area contributed by atoms with E-state index in [1.165, 1.54) is 6.26 Å². The molecule has 1 N–H and O–H groups in total. The molecule has 0 aliphatic heterocycles. The van der Waals surface area contributed by atoms with Gasteiger partial charge in [-0.2, -0.15) is 0 Å². The van der Waals surface area contributed by atoms with Crippen molar-refractivity contribution < 1.29 is 18.4 Å². The van der Waals surface area contributed by atoms with Gasteiger partial charge in [0, 0.05) is 10.9 Å². The normalized spacial score (nSPS) is 10.7. The summed E-state index contributed by atoms with van der Waals surface area (Å²) in [5.74, 6) is -0.499. The zero-order valence-corrected chi connectivity index (χ0v) is 13.1. The third-order valence-corrected chi connectivity index (χ3v) is 3.82. The van der Waals surface area contributed by atoms with Gasteiger partial charge in [0.05, 0.1) is 12.0 Å². The van der Waals surface area contributed by atoms with E-state index in [1.54, 1.807) is 54.6 Å². The average Bonchev–Trinajstić information content (AvgIpc) is 3.30. The second kappa shape index (κ2) is 6.13. The molecule has 0 aliphatic rings. The lowest BCUT2D eigenvalue weighted by Crippen LogP contribution is -2.13. The van der Waals surface area contributed by atoms with E-state index in [1.807, 2.05) is 12.1 Å². The molecule has 4 rings (SSSR count). The molecule has 0 spiro atoms. The summed E-state index contributed by atoms with van der Waals surface area (Å²) in [5.41, 5.74) is 1.34. The number of hydrogen-bond acceptors (Lipinski definition) is 4. The highest BCUT2D eigenvalue weighted by molar-refractivity contribution is 6.18. The highest BCUT2D eigenvalue weighted by atomic mass is 16.3. The standard InChI is InChI=1S/C20H13NO4/c22-18(13-7-2-1-3-8-13)19-17(14-9-4-5-10-15(14)25-19)21-20(23)16-11-6-12-24-16/h1-12H,(H,21,23). The molecular weight excluding hydrogens is 318 g/mol. The number of rotatable bonds is 4. The Morgan fingerprint density at radius 3 is 2.36 bits per heavy atom.